The molecule has 0 aromatic heterocycles. The van der Waals surface area contributed by atoms with Crippen molar-refractivity contribution >= 4 is 23.5 Å². The molecule has 0 heterocycles. The van der Waals surface area contributed by atoms with Crippen molar-refractivity contribution in [1.82, 2.24) is 5.32 Å². The third-order valence-electron chi connectivity index (χ3n) is 2.70. The quantitative estimate of drug-likeness (QED) is 0.893. The van der Waals surface area contributed by atoms with E-state index in [1.54, 1.807) is 0 Å². The molecule has 9 heteroatoms. The number of amides is 1. The number of rotatable bonds is 4. The van der Waals surface area contributed by atoms with E-state index in [0.717, 1.165) is 12.1 Å². The summed E-state index contributed by atoms with van der Waals surface area (Å²) in [5.41, 5.74) is -1.12. The molecule has 21 heavy (non-hydrogen) atoms. The molecule has 0 unspecified atom stereocenters. The van der Waals surface area contributed by atoms with Gasteiger partial charge in [0.2, 0.25) is 0 Å². The van der Waals surface area contributed by atoms with E-state index in [9.17, 15) is 22.8 Å². The van der Waals surface area contributed by atoms with Crippen LogP contribution in [-0.4, -0.2) is 29.4 Å². The van der Waals surface area contributed by atoms with Gasteiger partial charge in [-0.2, -0.15) is 0 Å². The minimum absolute atomic E-state index is 0.138. The van der Waals surface area contributed by atoms with Gasteiger partial charge in [0, 0.05) is 6.04 Å². The summed E-state index contributed by atoms with van der Waals surface area (Å²) >= 11 is 5.75. The van der Waals surface area contributed by atoms with Gasteiger partial charge < -0.3 is 15.2 Å². The van der Waals surface area contributed by atoms with Crippen molar-refractivity contribution in [3.63, 3.8) is 0 Å². The summed E-state index contributed by atoms with van der Waals surface area (Å²) in [7, 11) is 0. The van der Waals surface area contributed by atoms with Gasteiger partial charge in [-0.05, 0) is 25.0 Å². The van der Waals surface area contributed by atoms with Crippen LogP contribution in [0, 0.1) is 0 Å². The summed E-state index contributed by atoms with van der Waals surface area (Å²) in [4.78, 5) is 22.9. The molecule has 0 radical (unpaired) electrons. The highest BCUT2D eigenvalue weighted by atomic mass is 35.5. The molecule has 0 atom stereocenters. The Morgan fingerprint density at radius 1 is 1.33 bits per heavy atom. The first-order valence-corrected chi connectivity index (χ1v) is 6.19. The van der Waals surface area contributed by atoms with E-state index >= 15 is 0 Å². The molecule has 1 fully saturated rings. The Morgan fingerprint density at radius 3 is 2.43 bits per heavy atom. The summed E-state index contributed by atoms with van der Waals surface area (Å²) in [6.07, 6.45) is -3.61. The molecule has 0 bridgehead atoms. The van der Waals surface area contributed by atoms with Crippen LogP contribution in [0.15, 0.2) is 12.1 Å². The van der Waals surface area contributed by atoms with E-state index in [2.05, 4.69) is 10.1 Å². The summed E-state index contributed by atoms with van der Waals surface area (Å²) < 4.78 is 40.7. The average molecular weight is 324 g/mol. The average Bonchev–Trinajstić information content (AvgIpc) is 3.10. The second-order valence-electron chi connectivity index (χ2n) is 4.40. The largest absolute Gasteiger partial charge is 0.573 e. The van der Waals surface area contributed by atoms with Gasteiger partial charge in [-0.1, -0.05) is 11.6 Å². The summed E-state index contributed by atoms with van der Waals surface area (Å²) in [5, 5.41) is 10.8. The van der Waals surface area contributed by atoms with Gasteiger partial charge in [0.1, 0.15) is 11.3 Å². The normalized spacial score (nSPS) is 14.7. The Balaban J connectivity index is 2.45. The molecule has 1 amide bonds. The molecule has 114 valence electrons. The van der Waals surface area contributed by atoms with Crippen LogP contribution in [0.3, 0.4) is 0 Å². The van der Waals surface area contributed by atoms with Crippen molar-refractivity contribution < 1.29 is 32.6 Å². The topological polar surface area (TPSA) is 75.6 Å². The lowest BCUT2D eigenvalue weighted by molar-refractivity contribution is -0.274. The number of alkyl halides is 3. The number of nitrogens with one attached hydrogen (secondary N) is 1. The van der Waals surface area contributed by atoms with Gasteiger partial charge >= 0.3 is 12.3 Å². The number of halogens is 4. The number of hydrogen-bond donors (Lipinski definition) is 2. The van der Waals surface area contributed by atoms with Crippen molar-refractivity contribution in [2.75, 3.05) is 0 Å². The molecule has 2 N–H and O–H groups in total. The van der Waals surface area contributed by atoms with Crippen molar-refractivity contribution in [2.24, 2.45) is 0 Å². The fourth-order valence-corrected chi connectivity index (χ4v) is 1.95. The van der Waals surface area contributed by atoms with Crippen LogP contribution in [0.2, 0.25) is 5.02 Å². The standard InChI is InChI=1S/C12H9ClF3NO4/c13-9-6(11(19)20)3-4-7(21-12(14,15)16)8(9)10(18)17-5-1-2-5/h3-5H,1-2H2,(H,17,18)(H,19,20). The van der Waals surface area contributed by atoms with Crippen molar-refractivity contribution in [3.05, 3.63) is 28.3 Å². The number of benzene rings is 1. The highest BCUT2D eigenvalue weighted by molar-refractivity contribution is 6.37. The first-order valence-electron chi connectivity index (χ1n) is 5.81. The molecule has 0 aliphatic heterocycles. The maximum atomic E-state index is 12.3. The molecular weight excluding hydrogens is 315 g/mol. The molecule has 1 aromatic rings. The minimum Gasteiger partial charge on any atom is -0.478 e. The molecule has 5 nitrogen and oxygen atoms in total. The monoisotopic (exact) mass is 323 g/mol. The molecule has 1 aromatic carbocycles. The Morgan fingerprint density at radius 2 is 1.95 bits per heavy atom. The van der Waals surface area contributed by atoms with Gasteiger partial charge in [-0.15, -0.1) is 13.2 Å². The third kappa shape index (κ3) is 3.78. The van der Waals surface area contributed by atoms with E-state index < -0.39 is 40.1 Å². The van der Waals surface area contributed by atoms with E-state index in [1.807, 2.05) is 0 Å². The first-order chi connectivity index (χ1) is 9.69. The zero-order valence-corrected chi connectivity index (χ0v) is 11.1. The number of carboxylic acids is 1. The van der Waals surface area contributed by atoms with Gasteiger partial charge in [0.25, 0.3) is 5.91 Å². The Kier molecular flexibility index (Phi) is 3.99. The van der Waals surface area contributed by atoms with Crippen molar-refractivity contribution in [3.8, 4) is 5.75 Å². The van der Waals surface area contributed by atoms with Crippen LogP contribution in [-0.2, 0) is 0 Å². The number of hydrogen-bond acceptors (Lipinski definition) is 3. The SMILES string of the molecule is O=C(O)c1ccc(OC(F)(F)F)c(C(=O)NC2CC2)c1Cl. The van der Waals surface area contributed by atoms with Crippen LogP contribution >= 0.6 is 11.6 Å². The first kappa shape index (κ1) is 15.4. The lowest BCUT2D eigenvalue weighted by atomic mass is 10.1. The number of carbonyl (C=O) groups excluding carboxylic acids is 1. The molecule has 0 spiro atoms. The highest BCUT2D eigenvalue weighted by Crippen LogP contribution is 2.34. The number of carboxylic acid groups (broad SMARTS) is 1. The van der Waals surface area contributed by atoms with E-state index in [-0.39, 0.29) is 6.04 Å². The predicted octanol–water partition coefficient (Wildman–Crippen LogP) is 2.83. The van der Waals surface area contributed by atoms with Crippen LogP contribution in [0.1, 0.15) is 33.6 Å². The van der Waals surface area contributed by atoms with Crippen molar-refractivity contribution in [2.45, 2.75) is 25.2 Å². The zero-order chi connectivity index (χ0) is 15.8. The fourth-order valence-electron chi connectivity index (χ4n) is 1.63. The second-order valence-corrected chi connectivity index (χ2v) is 4.78. The Hall–Kier alpha value is -1.96. The lowest BCUT2D eigenvalue weighted by Gasteiger charge is -2.15. The summed E-state index contributed by atoms with van der Waals surface area (Å²) in [6.45, 7) is 0. The Labute approximate surface area is 121 Å². The molecule has 1 aliphatic rings. The smallest absolute Gasteiger partial charge is 0.478 e. The highest BCUT2D eigenvalue weighted by Gasteiger charge is 2.35. The molecule has 1 aliphatic carbocycles. The fraction of sp³-hybridized carbons (Fsp3) is 0.333. The van der Waals surface area contributed by atoms with E-state index in [1.165, 1.54) is 0 Å². The molecule has 1 saturated carbocycles. The minimum atomic E-state index is -5.03. The van der Waals surface area contributed by atoms with Gasteiger partial charge in [0.15, 0.2) is 0 Å². The maximum absolute atomic E-state index is 12.3. The van der Waals surface area contributed by atoms with E-state index in [0.29, 0.717) is 12.8 Å². The molecule has 0 saturated heterocycles. The number of aromatic carboxylic acids is 1. The summed E-state index contributed by atoms with van der Waals surface area (Å²) in [5.74, 6) is -3.19. The van der Waals surface area contributed by atoms with Crippen LogP contribution in [0.25, 0.3) is 0 Å². The van der Waals surface area contributed by atoms with Crippen LogP contribution in [0.5, 0.6) is 5.75 Å². The predicted molar refractivity (Wildman–Crippen MR) is 65.6 cm³/mol. The second kappa shape index (κ2) is 5.44. The number of carbonyl (C=O) groups is 2. The Bertz CT molecular complexity index is 599. The molecule has 2 rings (SSSR count). The van der Waals surface area contributed by atoms with Gasteiger partial charge in [-0.25, -0.2) is 4.79 Å². The molecular formula is C12H9ClF3NO4. The van der Waals surface area contributed by atoms with Gasteiger partial charge in [-0.3, -0.25) is 4.79 Å². The summed E-state index contributed by atoms with van der Waals surface area (Å²) in [6, 6.07) is 1.46. The third-order valence-corrected chi connectivity index (χ3v) is 3.09. The lowest BCUT2D eigenvalue weighted by Crippen LogP contribution is -2.28. The van der Waals surface area contributed by atoms with Gasteiger partial charge in [0.05, 0.1) is 10.6 Å². The van der Waals surface area contributed by atoms with Crippen LogP contribution in [0.4, 0.5) is 13.2 Å². The maximum Gasteiger partial charge on any atom is 0.573 e. The zero-order valence-electron chi connectivity index (χ0n) is 10.3. The van der Waals surface area contributed by atoms with Crippen molar-refractivity contribution in [1.29, 1.82) is 0 Å². The van der Waals surface area contributed by atoms with Crippen LogP contribution < -0.4 is 10.1 Å². The number of ether oxygens (including phenoxy) is 1. The van der Waals surface area contributed by atoms with E-state index in [4.69, 9.17) is 16.7 Å².